The number of thiophene rings is 1. The van der Waals surface area contributed by atoms with Crippen molar-refractivity contribution in [1.82, 2.24) is 0 Å². The molecule has 1 atom stereocenters. The summed E-state index contributed by atoms with van der Waals surface area (Å²) < 4.78 is 2.20. The van der Waals surface area contributed by atoms with E-state index in [2.05, 4.69) is 69.1 Å². The van der Waals surface area contributed by atoms with Gasteiger partial charge in [-0.2, -0.15) is 0 Å². The van der Waals surface area contributed by atoms with Gasteiger partial charge < -0.3 is 5.73 Å². The Labute approximate surface area is 135 Å². The van der Waals surface area contributed by atoms with Gasteiger partial charge in [-0.15, -0.1) is 11.3 Å². The maximum atomic E-state index is 6.34. The fourth-order valence-corrected chi connectivity index (χ4v) is 4.95. The van der Waals surface area contributed by atoms with Gasteiger partial charge in [-0.3, -0.25) is 0 Å². The van der Waals surface area contributed by atoms with Gasteiger partial charge in [-0.05, 0) is 67.5 Å². The van der Waals surface area contributed by atoms with E-state index in [0.717, 1.165) is 25.1 Å². The molecule has 1 heterocycles. The van der Waals surface area contributed by atoms with E-state index in [-0.39, 0.29) is 6.04 Å². The number of benzene rings is 1. The van der Waals surface area contributed by atoms with E-state index < -0.39 is 0 Å². The molecular formula is C15H17Br2NS. The van der Waals surface area contributed by atoms with Crippen LogP contribution in [0, 0.1) is 0 Å². The monoisotopic (exact) mass is 401 g/mol. The Morgan fingerprint density at radius 2 is 1.89 bits per heavy atom. The summed E-state index contributed by atoms with van der Waals surface area (Å²) in [6, 6.07) is 10.7. The summed E-state index contributed by atoms with van der Waals surface area (Å²) in [4.78, 5) is 0. The van der Waals surface area contributed by atoms with Crippen LogP contribution in [-0.2, 0) is 6.42 Å². The molecule has 2 aromatic rings. The van der Waals surface area contributed by atoms with Crippen molar-refractivity contribution in [3.63, 3.8) is 0 Å². The second-order valence-corrected chi connectivity index (χ2v) is 8.35. The Morgan fingerprint density at radius 3 is 2.42 bits per heavy atom. The maximum Gasteiger partial charge on any atom is 0.0761 e. The van der Waals surface area contributed by atoms with Crippen LogP contribution in [0.15, 0.2) is 37.9 Å². The van der Waals surface area contributed by atoms with Crippen molar-refractivity contribution in [3.05, 3.63) is 54.6 Å². The lowest BCUT2D eigenvalue weighted by atomic mass is 9.99. The number of hydrogen-bond donors (Lipinski definition) is 1. The summed E-state index contributed by atoms with van der Waals surface area (Å²) in [6.45, 7) is 2.22. The number of rotatable bonds is 5. The molecule has 1 unspecified atom stereocenters. The van der Waals surface area contributed by atoms with Gasteiger partial charge in [0.15, 0.2) is 0 Å². The van der Waals surface area contributed by atoms with Crippen LogP contribution in [0.25, 0.3) is 0 Å². The van der Waals surface area contributed by atoms with E-state index in [1.807, 2.05) is 0 Å². The van der Waals surface area contributed by atoms with E-state index >= 15 is 0 Å². The van der Waals surface area contributed by atoms with Crippen molar-refractivity contribution in [2.45, 2.75) is 32.2 Å². The summed E-state index contributed by atoms with van der Waals surface area (Å²) in [7, 11) is 0. The van der Waals surface area contributed by atoms with E-state index in [4.69, 9.17) is 5.73 Å². The Hall–Kier alpha value is -0.160. The second-order valence-electron chi connectivity index (χ2n) is 4.60. The largest absolute Gasteiger partial charge is 0.320 e. The first-order chi connectivity index (χ1) is 9.11. The molecule has 4 heteroatoms. The van der Waals surface area contributed by atoms with Crippen molar-refractivity contribution < 1.29 is 0 Å². The van der Waals surface area contributed by atoms with E-state index in [9.17, 15) is 0 Å². The maximum absolute atomic E-state index is 6.34. The SMILES string of the molecule is CCCCc1ccc(C(N)c2cc(Br)sc2Br)cc1. The predicted octanol–water partition coefficient (Wildman–Crippen LogP) is 5.66. The predicted molar refractivity (Wildman–Crippen MR) is 90.8 cm³/mol. The summed E-state index contributed by atoms with van der Waals surface area (Å²) >= 11 is 8.73. The van der Waals surface area contributed by atoms with Gasteiger partial charge in [-0.25, -0.2) is 0 Å². The highest BCUT2D eigenvalue weighted by Gasteiger charge is 2.15. The van der Waals surface area contributed by atoms with Crippen molar-refractivity contribution in [2.75, 3.05) is 0 Å². The lowest BCUT2D eigenvalue weighted by Crippen LogP contribution is -2.11. The average Bonchev–Trinajstić information content (AvgIpc) is 2.75. The third-order valence-electron chi connectivity index (χ3n) is 3.18. The molecule has 0 spiro atoms. The summed E-state index contributed by atoms with van der Waals surface area (Å²) in [6.07, 6.45) is 3.63. The minimum absolute atomic E-state index is 0.0721. The van der Waals surface area contributed by atoms with E-state index in [1.54, 1.807) is 11.3 Å². The molecule has 0 aliphatic carbocycles. The molecule has 0 aliphatic rings. The Kier molecular flexibility index (Phi) is 5.63. The average molecular weight is 403 g/mol. The van der Waals surface area contributed by atoms with Crippen molar-refractivity contribution >= 4 is 43.2 Å². The molecule has 0 amide bonds. The topological polar surface area (TPSA) is 26.0 Å². The molecule has 1 nitrogen and oxygen atoms in total. The highest BCUT2D eigenvalue weighted by atomic mass is 79.9. The van der Waals surface area contributed by atoms with Crippen LogP contribution >= 0.6 is 43.2 Å². The van der Waals surface area contributed by atoms with Crippen LogP contribution in [0.1, 0.15) is 42.5 Å². The second kappa shape index (κ2) is 7.02. The lowest BCUT2D eigenvalue weighted by Gasteiger charge is -2.12. The van der Waals surface area contributed by atoms with Crippen LogP contribution in [0.4, 0.5) is 0 Å². The molecule has 0 saturated heterocycles. The number of hydrogen-bond acceptors (Lipinski definition) is 2. The molecule has 1 aromatic carbocycles. The normalized spacial score (nSPS) is 12.6. The zero-order valence-electron chi connectivity index (χ0n) is 10.8. The highest BCUT2D eigenvalue weighted by Crippen LogP contribution is 2.36. The van der Waals surface area contributed by atoms with Crippen molar-refractivity contribution in [2.24, 2.45) is 5.73 Å². The summed E-state index contributed by atoms with van der Waals surface area (Å²) in [5, 5.41) is 0. The van der Waals surface area contributed by atoms with Gasteiger partial charge in [0.05, 0.1) is 13.6 Å². The van der Waals surface area contributed by atoms with Gasteiger partial charge in [0.25, 0.3) is 0 Å². The quantitative estimate of drug-likeness (QED) is 0.685. The molecule has 2 N–H and O–H groups in total. The minimum atomic E-state index is -0.0721. The van der Waals surface area contributed by atoms with Crippen LogP contribution in [0.5, 0.6) is 0 Å². The van der Waals surface area contributed by atoms with Crippen LogP contribution in [-0.4, -0.2) is 0 Å². The van der Waals surface area contributed by atoms with Crippen LogP contribution in [0.3, 0.4) is 0 Å². The Balaban J connectivity index is 2.15. The van der Waals surface area contributed by atoms with E-state index in [1.165, 1.54) is 18.4 Å². The smallest absolute Gasteiger partial charge is 0.0761 e. The third-order valence-corrected chi connectivity index (χ3v) is 5.56. The molecule has 102 valence electrons. The molecule has 0 aliphatic heterocycles. The fourth-order valence-electron chi connectivity index (χ4n) is 2.02. The van der Waals surface area contributed by atoms with Gasteiger partial charge >= 0.3 is 0 Å². The van der Waals surface area contributed by atoms with Crippen LogP contribution in [0.2, 0.25) is 0 Å². The molecule has 0 fully saturated rings. The molecule has 2 rings (SSSR count). The summed E-state index contributed by atoms with van der Waals surface area (Å²) in [5.41, 5.74) is 10.0. The van der Waals surface area contributed by atoms with Crippen molar-refractivity contribution in [1.29, 1.82) is 0 Å². The molecule has 0 saturated carbocycles. The zero-order chi connectivity index (χ0) is 13.8. The Bertz CT molecular complexity index is 534. The lowest BCUT2D eigenvalue weighted by molar-refractivity contribution is 0.793. The number of unbranched alkanes of at least 4 members (excludes halogenated alkanes) is 1. The molecule has 0 radical (unpaired) electrons. The highest BCUT2D eigenvalue weighted by molar-refractivity contribution is 9.12. The first kappa shape index (κ1) is 15.2. The van der Waals surface area contributed by atoms with Gasteiger partial charge in [0.1, 0.15) is 0 Å². The first-order valence-electron chi connectivity index (χ1n) is 6.41. The number of nitrogens with two attached hydrogens (primary N) is 1. The molecule has 1 aromatic heterocycles. The van der Waals surface area contributed by atoms with Crippen LogP contribution < -0.4 is 5.73 Å². The number of aryl methyl sites for hydroxylation is 1. The van der Waals surface area contributed by atoms with Crippen molar-refractivity contribution in [3.8, 4) is 0 Å². The standard InChI is InChI=1S/C15H17Br2NS/c1-2-3-4-10-5-7-11(8-6-10)14(18)12-9-13(16)19-15(12)17/h5-9,14H,2-4,18H2,1H3. The van der Waals surface area contributed by atoms with Gasteiger partial charge in [0, 0.05) is 0 Å². The van der Waals surface area contributed by atoms with E-state index in [0.29, 0.717) is 0 Å². The third kappa shape index (κ3) is 3.91. The fraction of sp³-hybridized carbons (Fsp3) is 0.333. The Morgan fingerprint density at radius 1 is 1.21 bits per heavy atom. The first-order valence-corrected chi connectivity index (χ1v) is 8.81. The van der Waals surface area contributed by atoms with Gasteiger partial charge in [-0.1, -0.05) is 37.6 Å². The number of halogens is 2. The zero-order valence-corrected chi connectivity index (χ0v) is 14.8. The molecule has 0 bridgehead atoms. The summed E-state index contributed by atoms with van der Waals surface area (Å²) in [5.74, 6) is 0. The molecule has 19 heavy (non-hydrogen) atoms. The minimum Gasteiger partial charge on any atom is -0.320 e. The van der Waals surface area contributed by atoms with Gasteiger partial charge in [0.2, 0.25) is 0 Å². The molecular weight excluding hydrogens is 386 g/mol.